The summed E-state index contributed by atoms with van der Waals surface area (Å²) in [4.78, 5) is 36.0. The van der Waals surface area contributed by atoms with Crippen LogP contribution in [0.25, 0.3) is 0 Å². The Labute approximate surface area is 233 Å². The first kappa shape index (κ1) is 31.8. The number of carboxylic acids is 2. The second-order valence-electron chi connectivity index (χ2n) is 8.65. The summed E-state index contributed by atoms with van der Waals surface area (Å²) in [6.45, 7) is 2.62. The summed E-state index contributed by atoms with van der Waals surface area (Å²) in [7, 11) is 8.47. The number of fused-ring (bicyclic) bond motifs is 1. The molecule has 2 aromatic carbocycles. The Hall–Kier alpha value is -4.45. The van der Waals surface area contributed by atoms with Gasteiger partial charge in [-0.3, -0.25) is 4.79 Å². The minimum atomic E-state index is -1.26. The lowest BCUT2D eigenvalue weighted by Gasteiger charge is -2.30. The van der Waals surface area contributed by atoms with Crippen molar-refractivity contribution in [2.45, 2.75) is 12.8 Å². The molecule has 2 aromatic rings. The number of rotatable bonds is 13. The van der Waals surface area contributed by atoms with E-state index >= 15 is 0 Å². The summed E-state index contributed by atoms with van der Waals surface area (Å²) in [6, 6.07) is 9.37. The van der Waals surface area contributed by atoms with Crippen LogP contribution in [0.15, 0.2) is 42.5 Å². The molecule has 0 fully saturated rings. The van der Waals surface area contributed by atoms with E-state index in [1.54, 1.807) is 45.5 Å². The van der Waals surface area contributed by atoms with E-state index in [0.717, 1.165) is 37.4 Å². The van der Waals surface area contributed by atoms with Crippen molar-refractivity contribution in [3.8, 4) is 28.7 Å². The molecule has 12 heteroatoms. The molecule has 0 saturated heterocycles. The van der Waals surface area contributed by atoms with E-state index in [4.69, 9.17) is 33.9 Å². The second-order valence-corrected chi connectivity index (χ2v) is 8.65. The van der Waals surface area contributed by atoms with Gasteiger partial charge in [0.1, 0.15) is 5.75 Å². The highest BCUT2D eigenvalue weighted by molar-refractivity contribution is 5.98. The van der Waals surface area contributed by atoms with Crippen LogP contribution in [-0.4, -0.2) is 99.7 Å². The van der Waals surface area contributed by atoms with Crippen molar-refractivity contribution in [2.75, 3.05) is 61.9 Å². The van der Waals surface area contributed by atoms with E-state index < -0.39 is 11.9 Å². The van der Waals surface area contributed by atoms with E-state index in [-0.39, 0.29) is 12.6 Å². The number of nitrogens with zero attached hydrogens (tertiary/aromatic N) is 2. The molecule has 0 atom stereocenters. The maximum atomic E-state index is 12.9. The minimum absolute atomic E-state index is 0.0554. The lowest BCUT2D eigenvalue weighted by molar-refractivity contribution is -0.134. The van der Waals surface area contributed by atoms with Gasteiger partial charge in [0, 0.05) is 37.4 Å². The number of hydrogen-bond acceptors (Lipinski definition) is 9. The fraction of sp³-hybridized carbons (Fsp3) is 0.393. The van der Waals surface area contributed by atoms with E-state index in [1.807, 2.05) is 12.1 Å². The van der Waals surface area contributed by atoms with E-state index in [2.05, 4.69) is 18.0 Å². The van der Waals surface area contributed by atoms with Crippen LogP contribution in [0.4, 0.5) is 0 Å². The monoisotopic (exact) mass is 560 g/mol. The first-order valence-electron chi connectivity index (χ1n) is 12.3. The van der Waals surface area contributed by atoms with Gasteiger partial charge in [0.05, 0.1) is 34.0 Å². The molecule has 3 rings (SSSR count). The highest BCUT2D eigenvalue weighted by atomic mass is 16.5. The molecule has 0 bridgehead atoms. The molecule has 218 valence electrons. The molecular weight excluding hydrogens is 524 g/mol. The standard InChI is InChI=1S/C24H32N2O6.C4H4O4/c1-25(12-9-17-7-8-19(28-2)21(13-17)29-3)10-6-11-26-16-32-20-15-23(31-5)22(30-4)14-18(20)24(26)27;5-3(6)1-2-4(7)8/h7-8,13-15H,6,9-12,16H2,1-5H3;1-2H,(H,5,6)(H,7,8)/b;2-1-. The lowest BCUT2D eigenvalue weighted by atomic mass is 10.1. The molecule has 1 aliphatic heterocycles. The van der Waals surface area contributed by atoms with E-state index in [0.29, 0.717) is 41.5 Å². The Morgan fingerprint density at radius 3 is 2.05 bits per heavy atom. The molecule has 0 aliphatic carbocycles. The zero-order valence-corrected chi connectivity index (χ0v) is 23.3. The third-order valence-corrected chi connectivity index (χ3v) is 5.95. The summed E-state index contributed by atoms with van der Waals surface area (Å²) in [5.41, 5.74) is 1.69. The first-order chi connectivity index (χ1) is 19.1. The molecule has 0 spiro atoms. The number of amides is 1. The van der Waals surface area contributed by atoms with Crippen LogP contribution in [-0.2, 0) is 16.0 Å². The first-order valence-corrected chi connectivity index (χ1v) is 12.3. The molecule has 12 nitrogen and oxygen atoms in total. The Bertz CT molecular complexity index is 1180. The molecule has 1 heterocycles. The normalized spacial score (nSPS) is 12.2. The maximum absolute atomic E-state index is 12.9. The Morgan fingerprint density at radius 1 is 0.900 bits per heavy atom. The number of methoxy groups -OCH3 is 4. The van der Waals surface area contributed by atoms with Gasteiger partial charge < -0.3 is 43.7 Å². The number of carboxylic acid groups (broad SMARTS) is 2. The number of ether oxygens (including phenoxy) is 5. The maximum Gasteiger partial charge on any atom is 0.328 e. The van der Waals surface area contributed by atoms with Gasteiger partial charge in [0.2, 0.25) is 0 Å². The topological polar surface area (TPSA) is 144 Å². The third kappa shape index (κ3) is 9.38. The Balaban J connectivity index is 0.000000611. The van der Waals surface area contributed by atoms with E-state index in [1.165, 1.54) is 5.56 Å². The van der Waals surface area contributed by atoms with Gasteiger partial charge in [0.15, 0.2) is 29.7 Å². The van der Waals surface area contributed by atoms with Crippen molar-refractivity contribution in [3.63, 3.8) is 0 Å². The molecule has 1 aliphatic rings. The van der Waals surface area contributed by atoms with Gasteiger partial charge in [-0.15, -0.1) is 0 Å². The summed E-state index contributed by atoms with van der Waals surface area (Å²) in [5.74, 6) is 0.487. The molecule has 0 saturated carbocycles. The summed E-state index contributed by atoms with van der Waals surface area (Å²) >= 11 is 0. The SMILES string of the molecule is COc1ccc(CCN(C)CCCN2COc3cc(OC)c(OC)cc3C2=O)cc1OC.O=C(O)/C=C\C(=O)O. The van der Waals surface area contributed by atoms with Crippen molar-refractivity contribution in [1.29, 1.82) is 0 Å². The van der Waals surface area contributed by atoms with Crippen LogP contribution in [0.1, 0.15) is 22.3 Å². The average molecular weight is 561 g/mol. The quantitative estimate of drug-likeness (QED) is 0.349. The third-order valence-electron chi connectivity index (χ3n) is 5.95. The van der Waals surface area contributed by atoms with Crippen LogP contribution in [0, 0.1) is 0 Å². The van der Waals surface area contributed by atoms with Crippen LogP contribution in [0.2, 0.25) is 0 Å². The van der Waals surface area contributed by atoms with Crippen molar-refractivity contribution < 1.29 is 48.3 Å². The minimum Gasteiger partial charge on any atom is -0.493 e. The second kappa shape index (κ2) is 15.8. The van der Waals surface area contributed by atoms with Gasteiger partial charge >= 0.3 is 11.9 Å². The van der Waals surface area contributed by atoms with Crippen molar-refractivity contribution >= 4 is 17.8 Å². The zero-order valence-electron chi connectivity index (χ0n) is 23.3. The number of aliphatic carboxylic acids is 2. The number of likely N-dealkylation sites (N-methyl/N-ethyl adjacent to an activating group) is 1. The molecule has 40 heavy (non-hydrogen) atoms. The smallest absolute Gasteiger partial charge is 0.328 e. The van der Waals surface area contributed by atoms with Crippen molar-refractivity contribution in [3.05, 3.63) is 53.6 Å². The van der Waals surface area contributed by atoms with E-state index in [9.17, 15) is 14.4 Å². The Morgan fingerprint density at radius 2 is 1.48 bits per heavy atom. The number of carbonyl (C=O) groups is 3. The molecule has 1 amide bonds. The van der Waals surface area contributed by atoms with Crippen LogP contribution in [0.5, 0.6) is 28.7 Å². The predicted octanol–water partition coefficient (Wildman–Crippen LogP) is 2.79. The summed E-state index contributed by atoms with van der Waals surface area (Å²) in [6.07, 6.45) is 2.86. The highest BCUT2D eigenvalue weighted by Crippen LogP contribution is 2.37. The van der Waals surface area contributed by atoms with Crippen molar-refractivity contribution in [1.82, 2.24) is 9.80 Å². The molecule has 0 aromatic heterocycles. The Kier molecular flexibility index (Phi) is 12.6. The lowest BCUT2D eigenvalue weighted by Crippen LogP contribution is -2.40. The summed E-state index contributed by atoms with van der Waals surface area (Å²) in [5, 5.41) is 15.6. The molecule has 0 unspecified atom stereocenters. The van der Waals surface area contributed by atoms with Crippen molar-refractivity contribution in [2.24, 2.45) is 0 Å². The van der Waals surface area contributed by atoms with Gasteiger partial charge in [0.25, 0.3) is 5.91 Å². The van der Waals surface area contributed by atoms with Gasteiger partial charge in [-0.05, 0) is 44.1 Å². The average Bonchev–Trinajstić information content (AvgIpc) is 2.95. The highest BCUT2D eigenvalue weighted by Gasteiger charge is 2.27. The predicted molar refractivity (Wildman–Crippen MR) is 146 cm³/mol. The van der Waals surface area contributed by atoms with Gasteiger partial charge in [-0.2, -0.15) is 0 Å². The van der Waals surface area contributed by atoms with Crippen LogP contribution < -0.4 is 23.7 Å². The number of benzene rings is 2. The largest absolute Gasteiger partial charge is 0.493 e. The molecule has 2 N–H and O–H groups in total. The fourth-order valence-corrected chi connectivity index (χ4v) is 3.83. The summed E-state index contributed by atoms with van der Waals surface area (Å²) < 4.78 is 27.1. The number of hydrogen-bond donors (Lipinski definition) is 2. The number of carbonyl (C=O) groups excluding carboxylic acids is 1. The zero-order chi connectivity index (χ0) is 29.7. The van der Waals surface area contributed by atoms with Crippen LogP contribution in [0.3, 0.4) is 0 Å². The van der Waals surface area contributed by atoms with Crippen LogP contribution >= 0.6 is 0 Å². The van der Waals surface area contributed by atoms with Gasteiger partial charge in [-0.25, -0.2) is 9.59 Å². The fourth-order valence-electron chi connectivity index (χ4n) is 3.83. The molecular formula is C28H36N2O10. The van der Waals surface area contributed by atoms with Gasteiger partial charge in [-0.1, -0.05) is 6.07 Å². The molecule has 0 radical (unpaired) electrons.